The number of ether oxygens (including phenoxy) is 2. The van der Waals surface area contributed by atoms with Gasteiger partial charge in [0.15, 0.2) is 0 Å². The van der Waals surface area contributed by atoms with Crippen molar-refractivity contribution in [2.24, 2.45) is 5.16 Å². The Balaban J connectivity index is 4.37. The van der Waals surface area contributed by atoms with Crippen molar-refractivity contribution in [3.63, 3.8) is 0 Å². The molecule has 0 aliphatic heterocycles. The zero-order valence-electron chi connectivity index (χ0n) is 25.9. The molecule has 0 radical (unpaired) electrons. The molecule has 0 saturated heterocycles. The molecule has 7 N–H and O–H groups in total. The lowest BCUT2D eigenvalue weighted by Crippen LogP contribution is -2.51. The van der Waals surface area contributed by atoms with Crippen molar-refractivity contribution in [1.29, 1.82) is 5.41 Å². The van der Waals surface area contributed by atoms with Crippen LogP contribution in [0, 0.1) is 5.41 Å². The minimum absolute atomic E-state index is 0.120. The summed E-state index contributed by atoms with van der Waals surface area (Å²) in [5.74, 6) is -0.353. The van der Waals surface area contributed by atoms with Crippen LogP contribution < -0.4 is 26.6 Å². The van der Waals surface area contributed by atoms with E-state index < -0.39 is 5.54 Å². The number of carbonyl (C=O) groups is 2. The molecule has 0 bridgehead atoms. The highest BCUT2D eigenvalue weighted by Gasteiger charge is 2.22. The van der Waals surface area contributed by atoms with Crippen molar-refractivity contribution in [2.75, 3.05) is 85.8 Å². The first-order valence-corrected chi connectivity index (χ1v) is 14.2. The Hall–Kier alpha value is -2.16. The fraction of sp³-hybridized carbons (Fsp3) is 0.852. The molecule has 0 rings (SSSR count). The maximum absolute atomic E-state index is 12.3. The number of likely N-dealkylation sites (N-methyl/N-ethyl adjacent to an activating group) is 1. The highest BCUT2D eigenvalue weighted by atomic mass is 16.5. The van der Waals surface area contributed by atoms with Crippen molar-refractivity contribution < 1.29 is 24.3 Å². The number of nitrogens with one attached hydrogen (secondary N) is 6. The summed E-state index contributed by atoms with van der Waals surface area (Å²) in [7, 11) is 1.87. The molecule has 0 fully saturated rings. The van der Waals surface area contributed by atoms with E-state index in [0.717, 1.165) is 19.6 Å². The van der Waals surface area contributed by atoms with Crippen LogP contribution in [0.25, 0.3) is 0 Å². The van der Waals surface area contributed by atoms with Crippen LogP contribution in [-0.4, -0.2) is 130 Å². The van der Waals surface area contributed by atoms with Crippen molar-refractivity contribution in [3.05, 3.63) is 0 Å². The lowest BCUT2D eigenvalue weighted by Gasteiger charge is -2.30. The van der Waals surface area contributed by atoms with Gasteiger partial charge in [-0.25, -0.2) is 0 Å². The molecule has 13 nitrogen and oxygen atoms in total. The van der Waals surface area contributed by atoms with E-state index in [4.69, 9.17) is 20.1 Å². The summed E-state index contributed by atoms with van der Waals surface area (Å²) in [4.78, 5) is 26.5. The van der Waals surface area contributed by atoms with Gasteiger partial charge in [-0.1, -0.05) is 5.16 Å². The fourth-order valence-electron chi connectivity index (χ4n) is 3.29. The number of hydrogen-bond donors (Lipinski definition) is 7. The molecule has 0 aromatic rings. The van der Waals surface area contributed by atoms with E-state index in [1.165, 1.54) is 0 Å². The number of oxime groups is 1. The number of rotatable bonds is 25. The third-order valence-electron chi connectivity index (χ3n) is 6.75. The van der Waals surface area contributed by atoms with Gasteiger partial charge in [0.05, 0.1) is 43.2 Å². The van der Waals surface area contributed by atoms with E-state index in [0.29, 0.717) is 70.6 Å². The fourth-order valence-corrected chi connectivity index (χ4v) is 3.29. The van der Waals surface area contributed by atoms with E-state index in [-0.39, 0.29) is 30.2 Å². The van der Waals surface area contributed by atoms with Crippen LogP contribution >= 0.6 is 0 Å². The molecule has 0 atom stereocenters. The van der Waals surface area contributed by atoms with Gasteiger partial charge in [-0.15, -0.1) is 0 Å². The summed E-state index contributed by atoms with van der Waals surface area (Å²) in [6, 6.07) is 0. The zero-order valence-corrected chi connectivity index (χ0v) is 25.9. The lowest BCUT2D eigenvalue weighted by atomic mass is 10.00. The Kier molecular flexibility index (Phi) is 20.4. The van der Waals surface area contributed by atoms with E-state index in [2.05, 4.69) is 36.6 Å². The molecule has 13 heteroatoms. The molecule has 0 aromatic heterocycles. The summed E-state index contributed by atoms with van der Waals surface area (Å²) in [5, 5.41) is 35.8. The second-order valence-corrected chi connectivity index (χ2v) is 10.8. The monoisotopic (exact) mass is 572 g/mol. The van der Waals surface area contributed by atoms with Crippen LogP contribution in [0.1, 0.15) is 54.4 Å². The summed E-state index contributed by atoms with van der Waals surface area (Å²) in [6.45, 7) is 18.5. The predicted molar refractivity (Wildman–Crippen MR) is 160 cm³/mol. The molecule has 0 saturated carbocycles. The average Bonchev–Trinajstić information content (AvgIpc) is 2.89. The topological polar surface area (TPSA) is 172 Å². The Morgan fingerprint density at radius 1 is 0.775 bits per heavy atom. The average molecular weight is 573 g/mol. The minimum Gasteiger partial charge on any atom is -0.411 e. The van der Waals surface area contributed by atoms with Crippen LogP contribution in [0.4, 0.5) is 0 Å². The first kappa shape index (κ1) is 37.8. The standard InChI is InChI=1S/C27H56N8O5/c1-22(28)26(3,4)32-11-16-35(17-12-33-27(5,6)23(2)34-38)15-10-30-24(36)8-9-25(37)31-14-19-40-21-20-39-18-13-29-7/h28-29,32-33,38H,8-21H2,1-7H3,(H,30,36)(H,31,37)/b28-22?,34-23-. The molecular weight excluding hydrogens is 516 g/mol. The highest BCUT2D eigenvalue weighted by molar-refractivity contribution is 5.90. The lowest BCUT2D eigenvalue weighted by molar-refractivity contribution is -0.126. The van der Waals surface area contributed by atoms with Crippen LogP contribution in [0.5, 0.6) is 0 Å². The zero-order chi connectivity index (χ0) is 30.4. The summed E-state index contributed by atoms with van der Waals surface area (Å²) >= 11 is 0. The molecule has 0 aliphatic carbocycles. The van der Waals surface area contributed by atoms with Crippen molar-refractivity contribution in [1.82, 2.24) is 31.5 Å². The molecule has 0 heterocycles. The van der Waals surface area contributed by atoms with Crippen LogP contribution in [0.3, 0.4) is 0 Å². The van der Waals surface area contributed by atoms with Crippen LogP contribution in [0.15, 0.2) is 5.16 Å². The second kappa shape index (κ2) is 21.6. The number of amides is 2. The normalized spacial score (nSPS) is 12.6. The molecule has 2 amide bonds. The Labute approximate surface area is 241 Å². The van der Waals surface area contributed by atoms with Gasteiger partial charge in [-0.05, 0) is 48.6 Å². The Morgan fingerprint density at radius 2 is 1.25 bits per heavy atom. The van der Waals surface area contributed by atoms with Crippen LogP contribution in [-0.2, 0) is 19.1 Å². The quantitative estimate of drug-likeness (QED) is 0.0349. The Morgan fingerprint density at radius 3 is 1.75 bits per heavy atom. The first-order chi connectivity index (χ1) is 18.9. The van der Waals surface area contributed by atoms with Gasteiger partial charge < -0.3 is 46.7 Å². The summed E-state index contributed by atoms with van der Waals surface area (Å²) < 4.78 is 10.8. The SMILES string of the molecule is CNCCOCCOCCNC(=O)CCC(=O)NCCN(CCNC(C)(C)C(C)=N)CCNC(C)(C)/C(C)=N\O. The van der Waals surface area contributed by atoms with Gasteiger partial charge in [-0.3, -0.25) is 14.5 Å². The van der Waals surface area contributed by atoms with E-state index in [1.54, 1.807) is 13.8 Å². The molecule has 234 valence electrons. The minimum atomic E-state index is -0.445. The van der Waals surface area contributed by atoms with Crippen LogP contribution in [0.2, 0.25) is 0 Å². The van der Waals surface area contributed by atoms with Gasteiger partial charge in [0.2, 0.25) is 11.8 Å². The van der Waals surface area contributed by atoms with Crippen molar-refractivity contribution in [3.8, 4) is 0 Å². The third kappa shape index (κ3) is 19.0. The molecule has 0 spiro atoms. The predicted octanol–water partition coefficient (Wildman–Crippen LogP) is 0.180. The summed E-state index contributed by atoms with van der Waals surface area (Å²) in [5.41, 5.74) is 0.329. The highest BCUT2D eigenvalue weighted by Crippen LogP contribution is 2.05. The molecular formula is C27H56N8O5. The first-order valence-electron chi connectivity index (χ1n) is 14.2. The number of hydrogen-bond acceptors (Lipinski definition) is 11. The second-order valence-electron chi connectivity index (χ2n) is 10.8. The maximum Gasteiger partial charge on any atom is 0.220 e. The van der Waals surface area contributed by atoms with Crippen molar-refractivity contribution >= 4 is 23.2 Å². The van der Waals surface area contributed by atoms with Crippen molar-refractivity contribution in [2.45, 2.75) is 65.5 Å². The third-order valence-corrected chi connectivity index (χ3v) is 6.75. The largest absolute Gasteiger partial charge is 0.411 e. The molecule has 40 heavy (non-hydrogen) atoms. The molecule has 0 aromatic carbocycles. The maximum atomic E-state index is 12.3. The molecule has 0 aliphatic rings. The van der Waals surface area contributed by atoms with Gasteiger partial charge >= 0.3 is 0 Å². The smallest absolute Gasteiger partial charge is 0.220 e. The van der Waals surface area contributed by atoms with E-state index >= 15 is 0 Å². The van der Waals surface area contributed by atoms with E-state index in [9.17, 15) is 9.59 Å². The van der Waals surface area contributed by atoms with Gasteiger partial charge in [0.1, 0.15) is 0 Å². The molecule has 0 unspecified atom stereocenters. The number of nitrogens with zero attached hydrogens (tertiary/aromatic N) is 2. The number of carbonyl (C=O) groups excluding carboxylic acids is 2. The Bertz CT molecular complexity index is 761. The van der Waals surface area contributed by atoms with E-state index in [1.807, 2.05) is 34.7 Å². The van der Waals surface area contributed by atoms with Gasteiger partial charge in [0, 0.05) is 70.9 Å². The summed E-state index contributed by atoms with van der Waals surface area (Å²) in [6.07, 6.45) is 0.241. The van der Waals surface area contributed by atoms with Gasteiger partial charge in [-0.2, -0.15) is 0 Å². The van der Waals surface area contributed by atoms with Gasteiger partial charge in [0.25, 0.3) is 0 Å².